The fourth-order valence-electron chi connectivity index (χ4n) is 5.80. The number of hydrogen-bond donors (Lipinski definition) is 1. The van der Waals surface area contributed by atoms with Gasteiger partial charge in [-0.3, -0.25) is 4.79 Å². The molecule has 9 nitrogen and oxygen atoms in total. The van der Waals surface area contributed by atoms with Gasteiger partial charge in [-0.05, 0) is 72.8 Å². The predicted octanol–water partition coefficient (Wildman–Crippen LogP) is 5.56. The van der Waals surface area contributed by atoms with Gasteiger partial charge in [-0.2, -0.15) is 0 Å². The Morgan fingerprint density at radius 2 is 1.73 bits per heavy atom. The van der Waals surface area contributed by atoms with E-state index in [0.29, 0.717) is 33.1 Å². The highest BCUT2D eigenvalue weighted by atomic mass is 35.5. The van der Waals surface area contributed by atoms with Crippen molar-refractivity contribution in [1.29, 1.82) is 0 Å². The second-order valence-electron chi connectivity index (χ2n) is 11.4. The zero-order valence-corrected chi connectivity index (χ0v) is 26.1. The number of benzene rings is 3. The van der Waals surface area contributed by atoms with Gasteiger partial charge in [0.05, 0.1) is 28.8 Å². The van der Waals surface area contributed by atoms with Crippen molar-refractivity contribution in [3.8, 4) is 11.1 Å². The van der Waals surface area contributed by atoms with E-state index in [-0.39, 0.29) is 28.4 Å². The second-order valence-corrected chi connectivity index (χ2v) is 13.5. The third-order valence-corrected chi connectivity index (χ3v) is 10.1. The average molecular weight is 641 g/mol. The molecule has 11 heteroatoms. The molecule has 1 N–H and O–H groups in total. The first kappa shape index (κ1) is 29.4. The predicted molar refractivity (Wildman–Crippen MR) is 173 cm³/mol. The minimum Gasteiger partial charge on any atom is -0.393 e. The number of halogens is 1. The summed E-state index contributed by atoms with van der Waals surface area (Å²) in [5, 5.41) is 12.1. The number of rotatable bonds is 8. The Bertz CT molecular complexity index is 2260. The van der Waals surface area contributed by atoms with E-state index in [1.807, 2.05) is 49.4 Å². The molecule has 1 saturated carbocycles. The summed E-state index contributed by atoms with van der Waals surface area (Å²) in [7, 11) is -2.47. The lowest BCUT2D eigenvalue weighted by atomic mass is 9.87. The Balaban J connectivity index is 1.46. The zero-order chi connectivity index (χ0) is 31.5. The van der Waals surface area contributed by atoms with Crippen molar-refractivity contribution < 1.29 is 18.3 Å². The molecule has 1 fully saturated rings. The van der Waals surface area contributed by atoms with Gasteiger partial charge in [0.25, 0.3) is 15.6 Å². The van der Waals surface area contributed by atoms with Crippen molar-refractivity contribution in [2.45, 2.75) is 36.4 Å². The minimum absolute atomic E-state index is 0.0151. The highest BCUT2D eigenvalue weighted by Crippen LogP contribution is 2.43. The van der Waals surface area contributed by atoms with Crippen molar-refractivity contribution in [2.75, 3.05) is 6.61 Å². The summed E-state index contributed by atoms with van der Waals surface area (Å²) >= 11 is 6.45. The van der Waals surface area contributed by atoms with Gasteiger partial charge >= 0.3 is 0 Å². The van der Waals surface area contributed by atoms with Crippen LogP contribution >= 0.6 is 11.6 Å². The maximum Gasteiger partial charge on any atom is 0.275 e. The first-order chi connectivity index (χ1) is 21.6. The molecule has 0 bridgehead atoms. The monoisotopic (exact) mass is 640 g/mol. The lowest BCUT2D eigenvalue weighted by molar-refractivity contribution is -0.0672. The second kappa shape index (κ2) is 10.9. The van der Waals surface area contributed by atoms with Crippen LogP contribution < -0.4 is 5.56 Å². The fourth-order valence-corrected chi connectivity index (χ4v) is 7.32. The molecule has 0 radical (unpaired) electrons. The van der Waals surface area contributed by atoms with Gasteiger partial charge in [-0.25, -0.2) is 22.4 Å². The molecular formula is C34H29ClN4O5S. The van der Waals surface area contributed by atoms with Crippen LogP contribution in [0.25, 0.3) is 32.9 Å². The van der Waals surface area contributed by atoms with Crippen LogP contribution in [0.4, 0.5) is 0 Å². The number of aliphatic hydroxyl groups excluding tert-OH is 1. The maximum atomic E-state index is 13.7. The van der Waals surface area contributed by atoms with Crippen molar-refractivity contribution >= 4 is 43.4 Å². The van der Waals surface area contributed by atoms with Crippen molar-refractivity contribution in [3.05, 3.63) is 124 Å². The molecule has 0 aliphatic heterocycles. The molecule has 7 rings (SSSR count). The maximum absolute atomic E-state index is 13.7. The van der Waals surface area contributed by atoms with Crippen LogP contribution in [-0.2, 0) is 27.4 Å². The Morgan fingerprint density at radius 3 is 2.42 bits per heavy atom. The molecule has 1 aliphatic rings. The molecule has 228 valence electrons. The third kappa shape index (κ3) is 4.94. The van der Waals surface area contributed by atoms with Crippen molar-refractivity contribution in [1.82, 2.24) is 18.5 Å². The van der Waals surface area contributed by atoms with Gasteiger partial charge in [0.2, 0.25) is 5.28 Å². The molecule has 0 amide bonds. The van der Waals surface area contributed by atoms with Gasteiger partial charge < -0.3 is 14.4 Å². The largest absolute Gasteiger partial charge is 0.393 e. The van der Waals surface area contributed by atoms with E-state index in [9.17, 15) is 18.3 Å². The van der Waals surface area contributed by atoms with Crippen LogP contribution in [0, 0.1) is 6.92 Å². The van der Waals surface area contributed by atoms with Crippen LogP contribution in [0.15, 0.2) is 101 Å². The Labute approximate surface area is 264 Å². The SMILES string of the molecule is Cc1ccc(S(=O)(=O)n2ccc3c(-c4ccc5nc(Cl)nc(C(CO)(OC6CC6)c6ccccc6)c5c4)cn(C)c(=O)c32)cc1. The van der Waals surface area contributed by atoms with E-state index in [2.05, 4.69) is 9.97 Å². The summed E-state index contributed by atoms with van der Waals surface area (Å²) < 4.78 is 36.4. The topological polar surface area (TPSA) is 116 Å². The highest BCUT2D eigenvalue weighted by Gasteiger charge is 2.43. The summed E-state index contributed by atoms with van der Waals surface area (Å²) in [4.78, 5) is 22.6. The van der Waals surface area contributed by atoms with E-state index < -0.39 is 21.2 Å². The molecular weight excluding hydrogens is 612 g/mol. The standard InChI is InChI=1S/C34H29ClN4O5S/c1-21-8-13-25(14-9-21)45(42,43)39-17-16-26-28(19-38(2)32(41)30(26)39)22-10-15-29-27(18-22)31(37-33(35)36-29)34(20-40,44-24-11-12-24)23-6-4-3-5-7-23/h3-10,13-19,24,40H,11-12,20H2,1-2H3. The van der Waals surface area contributed by atoms with Crippen LogP contribution in [-0.4, -0.2) is 44.7 Å². The van der Waals surface area contributed by atoms with Crippen LogP contribution in [0.2, 0.25) is 5.28 Å². The van der Waals surface area contributed by atoms with E-state index in [0.717, 1.165) is 27.9 Å². The van der Waals surface area contributed by atoms with E-state index in [4.69, 9.17) is 16.3 Å². The van der Waals surface area contributed by atoms with Crippen LogP contribution in [0.1, 0.15) is 29.7 Å². The molecule has 3 aromatic heterocycles. The molecule has 1 atom stereocenters. The summed E-state index contributed by atoms with van der Waals surface area (Å²) in [6, 6.07) is 23.1. The Hall–Kier alpha value is -4.35. The number of nitrogens with zero attached hydrogens (tertiary/aromatic N) is 4. The highest BCUT2D eigenvalue weighted by molar-refractivity contribution is 7.90. The average Bonchev–Trinajstić information content (AvgIpc) is 3.74. The van der Waals surface area contributed by atoms with Gasteiger partial charge in [0, 0.05) is 35.8 Å². The van der Waals surface area contributed by atoms with E-state index in [1.165, 1.54) is 22.9 Å². The summed E-state index contributed by atoms with van der Waals surface area (Å²) in [6.07, 6.45) is 4.80. The molecule has 6 aromatic rings. The Kier molecular flexibility index (Phi) is 7.13. The first-order valence-corrected chi connectivity index (χ1v) is 16.3. The Morgan fingerprint density at radius 1 is 1.00 bits per heavy atom. The minimum atomic E-state index is -4.06. The lowest BCUT2D eigenvalue weighted by Gasteiger charge is -2.33. The smallest absolute Gasteiger partial charge is 0.275 e. The molecule has 1 unspecified atom stereocenters. The van der Waals surface area contributed by atoms with Crippen LogP contribution in [0.5, 0.6) is 0 Å². The molecule has 0 saturated heterocycles. The molecule has 45 heavy (non-hydrogen) atoms. The normalized spacial score (nSPS) is 15.0. The molecule has 0 spiro atoms. The molecule has 3 aromatic carbocycles. The van der Waals surface area contributed by atoms with Crippen molar-refractivity contribution in [2.24, 2.45) is 7.05 Å². The lowest BCUT2D eigenvalue weighted by Crippen LogP contribution is -2.37. The summed E-state index contributed by atoms with van der Waals surface area (Å²) in [5.74, 6) is 0. The first-order valence-electron chi connectivity index (χ1n) is 14.5. The van der Waals surface area contributed by atoms with E-state index in [1.54, 1.807) is 37.5 Å². The summed E-state index contributed by atoms with van der Waals surface area (Å²) in [5.41, 5.74) is 2.20. The van der Waals surface area contributed by atoms with Gasteiger partial charge in [0.15, 0.2) is 5.60 Å². The quantitative estimate of drug-likeness (QED) is 0.216. The van der Waals surface area contributed by atoms with Gasteiger partial charge in [0.1, 0.15) is 5.52 Å². The number of ether oxygens (including phenoxy) is 1. The number of aryl methyl sites for hydroxylation is 2. The van der Waals surface area contributed by atoms with Crippen molar-refractivity contribution in [3.63, 3.8) is 0 Å². The van der Waals surface area contributed by atoms with Crippen LogP contribution in [0.3, 0.4) is 0 Å². The van der Waals surface area contributed by atoms with Gasteiger partial charge in [-0.1, -0.05) is 54.1 Å². The number of pyridine rings is 1. The number of fused-ring (bicyclic) bond motifs is 2. The molecule has 1 aliphatic carbocycles. The zero-order valence-electron chi connectivity index (χ0n) is 24.5. The van der Waals surface area contributed by atoms with Gasteiger partial charge in [-0.15, -0.1) is 0 Å². The number of aromatic nitrogens is 4. The third-order valence-electron chi connectivity index (χ3n) is 8.28. The number of hydrogen-bond acceptors (Lipinski definition) is 7. The fraction of sp³-hybridized carbons (Fsp3) is 0.206. The molecule has 3 heterocycles. The number of aliphatic hydroxyl groups is 1. The summed E-state index contributed by atoms with van der Waals surface area (Å²) in [6.45, 7) is 1.49. The van der Waals surface area contributed by atoms with E-state index >= 15 is 0 Å².